The van der Waals surface area contributed by atoms with Crippen molar-refractivity contribution in [1.29, 1.82) is 0 Å². The standard InChI is InChI=1S/C27H36N4O4/c1-18-21(17-31(26(33)34)27(2,3)4)11-12-22-23(18)24(32)35-25(29-22)28-15-13-19-7-9-20(10-8-19)14-16-30(5)6/h7-12H,13-17H2,1-6H3,(H,28,29)(H,33,34). The highest BCUT2D eigenvalue weighted by Crippen LogP contribution is 2.24. The molecule has 0 atom stereocenters. The third-order valence-corrected chi connectivity index (χ3v) is 6.10. The van der Waals surface area contributed by atoms with Crippen LogP contribution in [0.25, 0.3) is 10.9 Å². The average Bonchev–Trinajstić information content (AvgIpc) is 2.76. The van der Waals surface area contributed by atoms with Crippen LogP contribution in [0.2, 0.25) is 0 Å². The largest absolute Gasteiger partial charge is 0.465 e. The van der Waals surface area contributed by atoms with Gasteiger partial charge in [-0.2, -0.15) is 4.98 Å². The minimum absolute atomic E-state index is 0.175. The molecule has 2 N–H and O–H groups in total. The Morgan fingerprint density at radius 3 is 2.26 bits per heavy atom. The maximum absolute atomic E-state index is 12.8. The molecular formula is C27H36N4O4. The number of aryl methyl sites for hydroxylation is 1. The normalized spacial score (nSPS) is 11.7. The summed E-state index contributed by atoms with van der Waals surface area (Å²) in [5.41, 5.74) is 3.39. The number of aromatic nitrogens is 1. The summed E-state index contributed by atoms with van der Waals surface area (Å²) in [5.74, 6) is 0. The molecule has 3 rings (SSSR count). The molecule has 1 amide bonds. The zero-order valence-corrected chi connectivity index (χ0v) is 21.5. The second-order valence-corrected chi connectivity index (χ2v) is 10.1. The van der Waals surface area contributed by atoms with Gasteiger partial charge in [-0.25, -0.2) is 9.59 Å². The van der Waals surface area contributed by atoms with E-state index in [-0.39, 0.29) is 12.6 Å². The van der Waals surface area contributed by atoms with E-state index in [2.05, 4.69) is 53.6 Å². The molecule has 8 heteroatoms. The molecular weight excluding hydrogens is 444 g/mol. The molecule has 35 heavy (non-hydrogen) atoms. The number of amides is 1. The Kier molecular flexibility index (Phi) is 8.17. The number of carbonyl (C=O) groups is 1. The van der Waals surface area contributed by atoms with Crippen molar-refractivity contribution in [1.82, 2.24) is 14.8 Å². The fraction of sp³-hybridized carbons (Fsp3) is 0.444. The van der Waals surface area contributed by atoms with Gasteiger partial charge < -0.3 is 19.7 Å². The number of carboxylic acid groups (broad SMARTS) is 1. The Balaban J connectivity index is 1.70. The lowest BCUT2D eigenvalue weighted by molar-refractivity contribution is 0.0955. The van der Waals surface area contributed by atoms with Gasteiger partial charge in [-0.15, -0.1) is 0 Å². The number of nitrogens with zero attached hydrogens (tertiary/aromatic N) is 3. The predicted molar refractivity (Wildman–Crippen MR) is 139 cm³/mol. The van der Waals surface area contributed by atoms with Crippen molar-refractivity contribution in [3.63, 3.8) is 0 Å². The number of fused-ring (bicyclic) bond motifs is 1. The number of rotatable bonds is 9. The lowest BCUT2D eigenvalue weighted by Gasteiger charge is -2.33. The molecule has 8 nitrogen and oxygen atoms in total. The monoisotopic (exact) mass is 480 g/mol. The SMILES string of the molecule is Cc1c(CN(C(=O)O)C(C)(C)C)ccc2nc(NCCc3ccc(CCN(C)C)cc3)oc(=O)c12. The maximum Gasteiger partial charge on any atom is 0.408 e. The van der Waals surface area contributed by atoms with Crippen LogP contribution < -0.4 is 10.9 Å². The third kappa shape index (κ3) is 6.82. The van der Waals surface area contributed by atoms with Gasteiger partial charge in [-0.05, 0) is 83.0 Å². The highest BCUT2D eigenvalue weighted by atomic mass is 16.4. The Morgan fingerprint density at radius 1 is 1.06 bits per heavy atom. The van der Waals surface area contributed by atoms with Crippen LogP contribution in [0.1, 0.15) is 43.0 Å². The first kappa shape index (κ1) is 26.2. The Labute approximate surface area is 206 Å². The highest BCUT2D eigenvalue weighted by molar-refractivity contribution is 5.82. The molecule has 1 aromatic heterocycles. The van der Waals surface area contributed by atoms with Crippen molar-refractivity contribution < 1.29 is 14.3 Å². The molecule has 2 aromatic carbocycles. The van der Waals surface area contributed by atoms with Crippen LogP contribution in [-0.4, -0.2) is 58.7 Å². The molecule has 0 aliphatic rings. The van der Waals surface area contributed by atoms with E-state index in [4.69, 9.17) is 4.42 Å². The molecule has 0 saturated heterocycles. The fourth-order valence-corrected chi connectivity index (χ4v) is 3.91. The molecule has 0 radical (unpaired) electrons. The van der Waals surface area contributed by atoms with E-state index >= 15 is 0 Å². The van der Waals surface area contributed by atoms with E-state index in [0.717, 1.165) is 24.9 Å². The highest BCUT2D eigenvalue weighted by Gasteiger charge is 2.27. The first-order valence-electron chi connectivity index (χ1n) is 11.9. The third-order valence-electron chi connectivity index (χ3n) is 6.10. The van der Waals surface area contributed by atoms with Gasteiger partial charge in [-0.3, -0.25) is 4.90 Å². The summed E-state index contributed by atoms with van der Waals surface area (Å²) in [6.45, 7) is 9.08. The minimum atomic E-state index is -1.01. The summed E-state index contributed by atoms with van der Waals surface area (Å²) < 4.78 is 5.45. The van der Waals surface area contributed by atoms with Gasteiger partial charge in [0.1, 0.15) is 0 Å². The van der Waals surface area contributed by atoms with Crippen molar-refractivity contribution in [2.45, 2.75) is 52.6 Å². The summed E-state index contributed by atoms with van der Waals surface area (Å²) in [7, 11) is 4.14. The van der Waals surface area contributed by atoms with Crippen molar-refractivity contribution in [3.8, 4) is 0 Å². The van der Waals surface area contributed by atoms with Gasteiger partial charge in [0, 0.05) is 25.2 Å². The lowest BCUT2D eigenvalue weighted by atomic mass is 10.0. The first-order valence-corrected chi connectivity index (χ1v) is 11.9. The Bertz CT molecular complexity index is 1230. The number of hydrogen-bond donors (Lipinski definition) is 2. The fourth-order valence-electron chi connectivity index (χ4n) is 3.91. The number of hydrogen-bond acceptors (Lipinski definition) is 6. The molecule has 3 aromatic rings. The van der Waals surface area contributed by atoms with E-state index in [1.807, 2.05) is 26.8 Å². The number of nitrogens with one attached hydrogen (secondary N) is 1. The number of benzene rings is 2. The van der Waals surface area contributed by atoms with Gasteiger partial charge in [-0.1, -0.05) is 30.3 Å². The van der Waals surface area contributed by atoms with Crippen molar-refractivity contribution in [3.05, 3.63) is 69.1 Å². The van der Waals surface area contributed by atoms with Gasteiger partial charge >= 0.3 is 11.7 Å². The molecule has 0 unspecified atom stereocenters. The van der Waals surface area contributed by atoms with Crippen LogP contribution >= 0.6 is 0 Å². The summed E-state index contributed by atoms with van der Waals surface area (Å²) >= 11 is 0. The quantitative estimate of drug-likeness (QED) is 0.464. The Hall–Kier alpha value is -3.39. The minimum Gasteiger partial charge on any atom is -0.465 e. The second kappa shape index (κ2) is 10.9. The average molecular weight is 481 g/mol. The molecule has 188 valence electrons. The number of likely N-dealkylation sites (N-methyl/N-ethyl adjacent to an activating group) is 1. The summed E-state index contributed by atoms with van der Waals surface area (Å²) in [6.07, 6.45) is 0.779. The van der Waals surface area contributed by atoms with Gasteiger partial charge in [0.25, 0.3) is 6.01 Å². The molecule has 0 aliphatic heterocycles. The van der Waals surface area contributed by atoms with Gasteiger partial charge in [0.2, 0.25) is 0 Å². The summed E-state index contributed by atoms with van der Waals surface area (Å²) in [6, 6.07) is 12.3. The second-order valence-electron chi connectivity index (χ2n) is 10.1. The zero-order valence-electron chi connectivity index (χ0n) is 21.5. The molecule has 0 aliphatic carbocycles. The van der Waals surface area contributed by atoms with E-state index in [0.29, 0.717) is 23.0 Å². The van der Waals surface area contributed by atoms with Gasteiger partial charge in [0.15, 0.2) is 0 Å². The first-order chi connectivity index (χ1) is 16.5. The van der Waals surface area contributed by atoms with Crippen LogP contribution in [-0.2, 0) is 19.4 Å². The van der Waals surface area contributed by atoms with Crippen molar-refractivity contribution >= 4 is 23.0 Å². The van der Waals surface area contributed by atoms with Crippen LogP contribution in [0, 0.1) is 6.92 Å². The maximum atomic E-state index is 12.8. The van der Waals surface area contributed by atoms with E-state index in [1.54, 1.807) is 13.0 Å². The summed E-state index contributed by atoms with van der Waals surface area (Å²) in [4.78, 5) is 32.5. The van der Waals surface area contributed by atoms with E-state index in [1.165, 1.54) is 16.0 Å². The topological polar surface area (TPSA) is 98.9 Å². The zero-order chi connectivity index (χ0) is 25.8. The van der Waals surface area contributed by atoms with Crippen molar-refractivity contribution in [2.24, 2.45) is 0 Å². The van der Waals surface area contributed by atoms with Crippen LogP contribution in [0.3, 0.4) is 0 Å². The van der Waals surface area contributed by atoms with Crippen LogP contribution in [0.5, 0.6) is 0 Å². The lowest BCUT2D eigenvalue weighted by Crippen LogP contribution is -2.44. The van der Waals surface area contributed by atoms with E-state index < -0.39 is 17.3 Å². The molecule has 0 bridgehead atoms. The van der Waals surface area contributed by atoms with Crippen molar-refractivity contribution in [2.75, 3.05) is 32.5 Å². The van der Waals surface area contributed by atoms with Gasteiger partial charge in [0.05, 0.1) is 10.9 Å². The Morgan fingerprint density at radius 2 is 1.69 bits per heavy atom. The molecule has 0 fully saturated rings. The number of anilines is 1. The molecule has 1 heterocycles. The predicted octanol–water partition coefficient (Wildman–Crippen LogP) is 4.53. The smallest absolute Gasteiger partial charge is 0.408 e. The molecule has 0 spiro atoms. The summed E-state index contributed by atoms with van der Waals surface area (Å²) in [5, 5.41) is 13.1. The molecule has 0 saturated carbocycles. The van der Waals surface area contributed by atoms with Crippen LogP contribution in [0.4, 0.5) is 10.8 Å². The van der Waals surface area contributed by atoms with E-state index in [9.17, 15) is 14.7 Å². The van der Waals surface area contributed by atoms with Crippen LogP contribution in [0.15, 0.2) is 45.6 Å².